The van der Waals surface area contributed by atoms with Crippen molar-refractivity contribution in [1.29, 1.82) is 0 Å². The van der Waals surface area contributed by atoms with Gasteiger partial charge in [-0.05, 0) is 0 Å². The normalized spacial score (nSPS) is 20.1. The minimum atomic E-state index is 0. The van der Waals surface area contributed by atoms with E-state index in [-0.39, 0.29) is 20.3 Å². The van der Waals surface area contributed by atoms with E-state index in [9.17, 15) is 19.2 Å². The first kappa shape index (κ1) is 31.3. The fourth-order valence-electron chi connectivity index (χ4n) is 3.15. The standard InChI is InChI=1S/4C5H10N2O.Li.H/c4*8-5-7-3-1-6-2-4-7;;/h4*5-6H,1-4H2;;/q;;;;+1;-1. The van der Waals surface area contributed by atoms with Gasteiger partial charge in [0.15, 0.2) is 0 Å². The fraction of sp³-hybridized carbons (Fsp3) is 0.800. The van der Waals surface area contributed by atoms with Crippen LogP contribution in [-0.2, 0) is 19.2 Å². The third-order valence-corrected chi connectivity index (χ3v) is 5.20. The summed E-state index contributed by atoms with van der Waals surface area (Å²) in [4.78, 5) is 47.3. The predicted molar refractivity (Wildman–Crippen MR) is 123 cm³/mol. The van der Waals surface area contributed by atoms with Crippen LogP contribution in [0, 0.1) is 0 Å². The van der Waals surface area contributed by atoms with Crippen LogP contribution in [0.3, 0.4) is 0 Å². The minimum Gasteiger partial charge on any atom is -1.00 e. The summed E-state index contributed by atoms with van der Waals surface area (Å²) in [5, 5.41) is 12.6. The predicted octanol–water partition coefficient (Wildman–Crippen LogP) is -6.69. The number of piperazine rings is 4. The minimum absolute atomic E-state index is 0. The van der Waals surface area contributed by atoms with Crippen LogP contribution in [0.25, 0.3) is 0 Å². The summed E-state index contributed by atoms with van der Waals surface area (Å²) >= 11 is 0. The van der Waals surface area contributed by atoms with Crippen molar-refractivity contribution in [3.8, 4) is 0 Å². The molecule has 186 valence electrons. The average Bonchev–Trinajstić information content (AvgIpc) is 2.91. The van der Waals surface area contributed by atoms with E-state index in [1.807, 2.05) is 0 Å². The second kappa shape index (κ2) is 22.1. The van der Waals surface area contributed by atoms with Gasteiger partial charge in [0.05, 0.1) is 0 Å². The Labute approximate surface area is 210 Å². The summed E-state index contributed by atoms with van der Waals surface area (Å²) in [6, 6.07) is 0. The number of carbonyl (C=O) groups excluding carboxylic acids is 4. The number of nitrogens with one attached hydrogen (secondary N) is 4. The maximum atomic E-state index is 10.1. The Morgan fingerprint density at radius 2 is 0.545 bits per heavy atom. The molecule has 0 spiro atoms. The molecule has 0 aromatic heterocycles. The average molecular weight is 465 g/mol. The molecule has 0 aromatic rings. The molecule has 13 heteroatoms. The molecule has 4 amide bonds. The molecule has 4 aliphatic rings. The van der Waals surface area contributed by atoms with E-state index in [1.165, 1.54) is 0 Å². The zero-order valence-corrected chi connectivity index (χ0v) is 20.0. The van der Waals surface area contributed by atoms with Crippen LogP contribution >= 0.6 is 0 Å². The quantitative estimate of drug-likeness (QED) is 0.239. The Bertz CT molecular complexity index is 415. The van der Waals surface area contributed by atoms with Gasteiger partial charge in [-0.3, -0.25) is 19.2 Å². The van der Waals surface area contributed by atoms with Crippen molar-refractivity contribution in [2.75, 3.05) is 105 Å². The van der Waals surface area contributed by atoms with Crippen molar-refractivity contribution in [3.63, 3.8) is 0 Å². The van der Waals surface area contributed by atoms with Crippen LogP contribution in [0.5, 0.6) is 0 Å². The Hall–Kier alpha value is -1.68. The van der Waals surface area contributed by atoms with Crippen molar-refractivity contribution in [2.24, 2.45) is 0 Å². The molecule has 4 N–H and O–H groups in total. The van der Waals surface area contributed by atoms with E-state index in [4.69, 9.17) is 0 Å². The molecule has 12 nitrogen and oxygen atoms in total. The molecule has 0 radical (unpaired) electrons. The van der Waals surface area contributed by atoms with Crippen molar-refractivity contribution in [3.05, 3.63) is 0 Å². The number of hydrogen-bond donors (Lipinski definition) is 4. The van der Waals surface area contributed by atoms with E-state index in [0.717, 1.165) is 130 Å². The number of carbonyl (C=O) groups is 4. The van der Waals surface area contributed by atoms with Gasteiger partial charge in [-0.2, -0.15) is 0 Å². The van der Waals surface area contributed by atoms with Crippen molar-refractivity contribution >= 4 is 25.6 Å². The van der Waals surface area contributed by atoms with E-state index in [2.05, 4.69) is 21.3 Å². The molecule has 4 aliphatic heterocycles. The topological polar surface area (TPSA) is 129 Å². The van der Waals surface area contributed by atoms with Crippen LogP contribution in [0.4, 0.5) is 0 Å². The summed E-state index contributed by atoms with van der Waals surface area (Å²) in [7, 11) is 0. The van der Waals surface area contributed by atoms with Gasteiger partial charge in [-0.1, -0.05) is 0 Å². The monoisotopic (exact) mass is 464 g/mol. The van der Waals surface area contributed by atoms with Crippen LogP contribution in [0.1, 0.15) is 1.43 Å². The van der Waals surface area contributed by atoms with Gasteiger partial charge in [0.2, 0.25) is 25.6 Å². The van der Waals surface area contributed by atoms with Gasteiger partial charge in [0, 0.05) is 105 Å². The van der Waals surface area contributed by atoms with Crippen molar-refractivity contribution in [2.45, 2.75) is 0 Å². The van der Waals surface area contributed by atoms with Gasteiger partial charge >= 0.3 is 18.9 Å². The van der Waals surface area contributed by atoms with Crippen molar-refractivity contribution < 1.29 is 39.5 Å². The van der Waals surface area contributed by atoms with E-state index < -0.39 is 0 Å². The second-order valence-corrected chi connectivity index (χ2v) is 7.57. The summed E-state index contributed by atoms with van der Waals surface area (Å²) in [6.45, 7) is 14.5. The molecule has 0 atom stereocenters. The van der Waals surface area contributed by atoms with Gasteiger partial charge in [0.1, 0.15) is 0 Å². The third-order valence-electron chi connectivity index (χ3n) is 5.20. The van der Waals surface area contributed by atoms with E-state index in [1.54, 1.807) is 19.6 Å². The van der Waals surface area contributed by atoms with Gasteiger partial charge in [-0.15, -0.1) is 0 Å². The number of rotatable bonds is 4. The fourth-order valence-corrected chi connectivity index (χ4v) is 3.15. The van der Waals surface area contributed by atoms with Crippen LogP contribution in [0.2, 0.25) is 0 Å². The summed E-state index contributed by atoms with van der Waals surface area (Å²) in [5.41, 5.74) is 0. The molecule has 0 bridgehead atoms. The smallest absolute Gasteiger partial charge is 1.00 e. The van der Waals surface area contributed by atoms with Gasteiger partial charge < -0.3 is 42.3 Å². The van der Waals surface area contributed by atoms with E-state index in [0.29, 0.717) is 0 Å². The molecule has 4 heterocycles. The second-order valence-electron chi connectivity index (χ2n) is 7.57. The van der Waals surface area contributed by atoms with Crippen LogP contribution < -0.4 is 40.1 Å². The first-order valence-electron chi connectivity index (χ1n) is 11.3. The summed E-state index contributed by atoms with van der Waals surface area (Å²) < 4.78 is 0. The van der Waals surface area contributed by atoms with Crippen LogP contribution in [-0.4, -0.2) is 150 Å². The molecule has 0 saturated carbocycles. The zero-order chi connectivity index (χ0) is 23.3. The first-order chi connectivity index (χ1) is 15.7. The number of hydrogen-bond acceptors (Lipinski definition) is 8. The maximum Gasteiger partial charge on any atom is 1.00 e. The third kappa shape index (κ3) is 16.6. The molecule has 4 saturated heterocycles. The molecule has 4 fully saturated rings. The summed E-state index contributed by atoms with van der Waals surface area (Å²) in [5.74, 6) is 0. The molecule has 4 rings (SSSR count). The first-order valence-corrected chi connectivity index (χ1v) is 11.3. The number of nitrogens with zero attached hydrogens (tertiary/aromatic N) is 4. The molecular weight excluding hydrogens is 423 g/mol. The Morgan fingerprint density at radius 1 is 0.394 bits per heavy atom. The molecule has 0 aromatic carbocycles. The number of amides is 4. The van der Waals surface area contributed by atoms with Crippen molar-refractivity contribution in [1.82, 2.24) is 40.9 Å². The Kier molecular flexibility index (Phi) is 21.0. The molecular formula is C20H41LiN8O4. The zero-order valence-electron chi connectivity index (χ0n) is 21.0. The van der Waals surface area contributed by atoms with Gasteiger partial charge in [0.25, 0.3) is 0 Å². The molecule has 33 heavy (non-hydrogen) atoms. The van der Waals surface area contributed by atoms with Gasteiger partial charge in [-0.25, -0.2) is 0 Å². The molecule has 0 unspecified atom stereocenters. The maximum absolute atomic E-state index is 10.1. The SMILES string of the molecule is O=CN1CCNCC1.O=CN1CCNCC1.O=CN1CCNCC1.O=CN1CCNCC1.[H-].[Li+]. The largest absolute Gasteiger partial charge is 1.00 e. The van der Waals surface area contributed by atoms with E-state index >= 15 is 0 Å². The Morgan fingerprint density at radius 3 is 0.636 bits per heavy atom. The summed E-state index contributed by atoms with van der Waals surface area (Å²) in [6.07, 6.45) is 3.61. The Balaban J connectivity index is 0. The molecule has 0 aliphatic carbocycles. The van der Waals surface area contributed by atoms with Crippen LogP contribution in [0.15, 0.2) is 0 Å².